The van der Waals surface area contributed by atoms with Crippen molar-refractivity contribution in [1.29, 1.82) is 0 Å². The molecule has 0 radical (unpaired) electrons. The molecule has 0 saturated carbocycles. The fourth-order valence-electron chi connectivity index (χ4n) is 1.86. The van der Waals surface area contributed by atoms with Gasteiger partial charge in [0.15, 0.2) is 0 Å². The minimum Gasteiger partial charge on any atom is -1.00 e. The minimum absolute atomic E-state index is 0. The van der Waals surface area contributed by atoms with Gasteiger partial charge in [-0.3, -0.25) is 0 Å². The Labute approximate surface area is 147 Å². The van der Waals surface area contributed by atoms with Gasteiger partial charge in [-0.05, 0) is 0 Å². The van der Waals surface area contributed by atoms with Gasteiger partial charge in [0.25, 0.3) is 0 Å². The van der Waals surface area contributed by atoms with Crippen molar-refractivity contribution in [2.75, 3.05) is 0 Å². The summed E-state index contributed by atoms with van der Waals surface area (Å²) in [5.41, 5.74) is 5.76. The predicted molar refractivity (Wildman–Crippen MR) is 61.5 cm³/mol. The monoisotopic (exact) mass is 444 g/mol. The molecule has 0 nitrogen and oxygen atoms in total. The second kappa shape index (κ2) is 7.17. The van der Waals surface area contributed by atoms with Crippen molar-refractivity contribution < 1.29 is 61.9 Å². The molecule has 1 unspecified atom stereocenters. The topological polar surface area (TPSA) is 0 Å². The molecule has 88 valence electrons. The van der Waals surface area contributed by atoms with Crippen molar-refractivity contribution in [2.24, 2.45) is 0 Å². The maximum absolute atomic E-state index is 3.51. The molecule has 0 spiro atoms. The molecule has 0 N–H and O–H groups in total. The second-order valence-electron chi connectivity index (χ2n) is 3.38. The van der Waals surface area contributed by atoms with E-state index in [1.54, 1.807) is 24.7 Å². The zero-order valence-electron chi connectivity index (χ0n) is 8.38. The van der Waals surface area contributed by atoms with Crippen LogP contribution in [0.4, 0.5) is 0 Å². The van der Waals surface area contributed by atoms with Gasteiger partial charge < -0.3 is 37.2 Å². The summed E-state index contributed by atoms with van der Waals surface area (Å²) >= 11 is 7.06. The average Bonchev–Trinajstić information content (AvgIpc) is 2.66. The molecule has 1 heterocycles. The van der Waals surface area contributed by atoms with Crippen LogP contribution in [0.2, 0.25) is 0 Å². The van der Waals surface area contributed by atoms with Crippen LogP contribution in [0.1, 0.15) is 11.1 Å². The van der Waals surface area contributed by atoms with Crippen LogP contribution in [0.5, 0.6) is 0 Å². The molecular weight excluding hydrogens is 442 g/mol. The number of rotatable bonds is 0. The summed E-state index contributed by atoms with van der Waals surface area (Å²) in [6, 6.07) is 6.54. The number of hydrogen-bond acceptors (Lipinski definition) is 1. The normalized spacial score (nSPS) is 18.9. The van der Waals surface area contributed by atoms with Gasteiger partial charge in [-0.15, -0.1) is 0 Å². The van der Waals surface area contributed by atoms with Crippen molar-refractivity contribution in [3.05, 3.63) is 44.8 Å². The first-order valence-electron chi connectivity index (χ1n) is 4.34. The first kappa shape index (κ1) is 18.3. The van der Waals surface area contributed by atoms with Gasteiger partial charge in [0.05, 0.1) is 0 Å². The molecule has 2 aliphatic rings. The molecule has 3 rings (SSSR count). The number of halogens is 4. The third-order valence-corrected chi connectivity index (χ3v) is 5.69. The van der Waals surface area contributed by atoms with Gasteiger partial charge >= 0.3 is 112 Å². The number of hydrogen-bond donors (Lipinski definition) is 0. The zero-order chi connectivity index (χ0) is 9.71. The van der Waals surface area contributed by atoms with Gasteiger partial charge in [-0.1, -0.05) is 0 Å². The molecule has 1 aromatic carbocycles. The minimum atomic E-state index is 0. The van der Waals surface area contributed by atoms with E-state index in [0.29, 0.717) is 2.96 Å². The van der Waals surface area contributed by atoms with E-state index >= 15 is 0 Å². The Hall–Kier alpha value is 1.28. The standard InChI is InChI=1S/C11H6BrS.3ClH.Zr/c12-9-1-2-10-7(4-9)3-8-5-13-6-11(8)10;;;;/h1-6H;3*1H;/q;;;;+3/p-3. The molecule has 1 atom stereocenters. The summed E-state index contributed by atoms with van der Waals surface area (Å²) in [5, 5.41) is 2.31. The Kier molecular flexibility index (Phi) is 7.71. The van der Waals surface area contributed by atoms with Gasteiger partial charge in [-0.25, -0.2) is 0 Å². The van der Waals surface area contributed by atoms with E-state index in [0.717, 1.165) is 0 Å². The molecule has 6 heteroatoms. The van der Waals surface area contributed by atoms with E-state index in [2.05, 4.69) is 45.6 Å². The quantitative estimate of drug-likeness (QED) is 0.383. The van der Waals surface area contributed by atoms with Gasteiger partial charge in [0, 0.05) is 0 Å². The van der Waals surface area contributed by atoms with Crippen molar-refractivity contribution in [3.63, 3.8) is 0 Å². The molecule has 1 aliphatic heterocycles. The number of allylic oxidation sites excluding steroid dienone is 1. The van der Waals surface area contributed by atoms with Crippen LogP contribution in [-0.4, -0.2) is 2.96 Å². The van der Waals surface area contributed by atoms with Gasteiger partial charge in [0.1, 0.15) is 0 Å². The van der Waals surface area contributed by atoms with E-state index in [9.17, 15) is 0 Å². The number of fused-ring (bicyclic) bond motifs is 3. The first-order chi connectivity index (χ1) is 6.75. The van der Waals surface area contributed by atoms with E-state index in [-0.39, 0.29) is 37.2 Å². The maximum atomic E-state index is 3.51. The predicted octanol–water partition coefficient (Wildman–Crippen LogP) is -5.18. The van der Waals surface area contributed by atoms with Crippen LogP contribution in [0.15, 0.2) is 33.7 Å². The fourth-order valence-corrected chi connectivity index (χ4v) is 4.20. The Morgan fingerprint density at radius 2 is 1.88 bits per heavy atom. The molecule has 17 heavy (non-hydrogen) atoms. The zero-order valence-corrected chi connectivity index (χ0v) is 15.5. The maximum Gasteiger partial charge on any atom is -1.00 e. The molecule has 0 aromatic heterocycles. The van der Waals surface area contributed by atoms with E-state index in [1.807, 2.05) is 11.8 Å². The summed E-state index contributed by atoms with van der Waals surface area (Å²) < 4.78 is 1.88. The summed E-state index contributed by atoms with van der Waals surface area (Å²) in [4.78, 5) is 0. The van der Waals surface area contributed by atoms with Crippen molar-refractivity contribution in [1.82, 2.24) is 0 Å². The molecular formula is C11H6BrCl3SZr. The summed E-state index contributed by atoms with van der Waals surface area (Å²) in [6.45, 7) is 0. The van der Waals surface area contributed by atoms with Crippen LogP contribution in [0.25, 0.3) is 11.6 Å². The molecule has 1 aliphatic carbocycles. The molecule has 0 amide bonds. The van der Waals surface area contributed by atoms with Crippen molar-refractivity contribution in [3.8, 4) is 0 Å². The van der Waals surface area contributed by atoms with Gasteiger partial charge in [-0.2, -0.15) is 0 Å². The van der Waals surface area contributed by atoms with Crippen LogP contribution in [0.3, 0.4) is 0 Å². The Morgan fingerprint density at radius 3 is 2.59 bits per heavy atom. The summed E-state index contributed by atoms with van der Waals surface area (Å²) in [6.07, 6.45) is 2.34. The smallest absolute Gasteiger partial charge is 1.00 e. The van der Waals surface area contributed by atoms with Crippen LogP contribution < -0.4 is 37.2 Å². The van der Waals surface area contributed by atoms with Gasteiger partial charge in [0.2, 0.25) is 0 Å². The van der Waals surface area contributed by atoms with Crippen LogP contribution in [-0.2, 0) is 24.7 Å². The Balaban J connectivity index is 0.000000853. The van der Waals surface area contributed by atoms with E-state index in [1.165, 1.54) is 26.7 Å². The fraction of sp³-hybridized carbons (Fsp3) is 0.0909. The van der Waals surface area contributed by atoms with E-state index in [4.69, 9.17) is 0 Å². The third kappa shape index (κ3) is 3.24. The number of benzene rings is 1. The van der Waals surface area contributed by atoms with E-state index < -0.39 is 0 Å². The largest absolute Gasteiger partial charge is 1.00 e. The molecule has 1 aromatic rings. The molecule has 0 bridgehead atoms. The summed E-state index contributed by atoms with van der Waals surface area (Å²) in [7, 11) is 0. The Morgan fingerprint density at radius 1 is 1.18 bits per heavy atom. The van der Waals surface area contributed by atoms with Crippen molar-refractivity contribution >= 4 is 39.3 Å². The summed E-state index contributed by atoms with van der Waals surface area (Å²) in [5.74, 6) is 0. The SMILES string of the molecule is Brc1ccc2c(c1)C=C1C2=CS[CH]1[Zr+3].[Cl-].[Cl-].[Cl-]. The first-order valence-corrected chi connectivity index (χ1v) is 7.50. The van der Waals surface area contributed by atoms with Crippen LogP contribution >= 0.6 is 27.7 Å². The Bertz CT molecular complexity index is 488. The second-order valence-corrected chi connectivity index (χ2v) is 7.72. The number of thioether (sulfide) groups is 1. The van der Waals surface area contributed by atoms with Crippen LogP contribution in [0, 0.1) is 0 Å². The average molecular weight is 448 g/mol. The third-order valence-electron chi connectivity index (χ3n) is 2.53. The molecule has 0 fully saturated rings. The van der Waals surface area contributed by atoms with Crippen molar-refractivity contribution in [2.45, 2.75) is 2.96 Å². The molecule has 0 saturated heterocycles.